The molecule has 4 nitrogen and oxygen atoms in total. The molecule has 1 rings (SSSR count). The molecule has 0 atom stereocenters. The van der Waals surface area contributed by atoms with Crippen molar-refractivity contribution in [1.82, 2.24) is 0 Å². The molecule has 0 saturated heterocycles. The van der Waals surface area contributed by atoms with E-state index in [2.05, 4.69) is 0 Å². The number of ether oxygens (including phenoxy) is 2. The minimum absolute atomic E-state index is 0.347. The molecule has 0 amide bonds. The van der Waals surface area contributed by atoms with E-state index in [1.54, 1.807) is 12.1 Å². The molecule has 0 aliphatic carbocycles. The molecule has 0 saturated carbocycles. The van der Waals surface area contributed by atoms with E-state index in [4.69, 9.17) is 15.2 Å². The van der Waals surface area contributed by atoms with Crippen molar-refractivity contribution in [1.29, 1.82) is 0 Å². The predicted octanol–water partition coefficient (Wildman–Crippen LogP) is 2.29. The van der Waals surface area contributed by atoms with Crippen LogP contribution < -0.4 is 10.5 Å². The number of rotatable bonds is 4. The fraction of sp³-hybridized carbons (Fsp3) is 0.500. The molecule has 0 spiro atoms. The van der Waals surface area contributed by atoms with Gasteiger partial charge in [0.05, 0.1) is 5.56 Å². The number of nitrogens with two attached hydrogens (primary N) is 1. The van der Waals surface area contributed by atoms with E-state index < -0.39 is 5.60 Å². The van der Waals surface area contributed by atoms with Crippen LogP contribution in [0.3, 0.4) is 0 Å². The summed E-state index contributed by atoms with van der Waals surface area (Å²) < 4.78 is 10.8. The maximum absolute atomic E-state index is 11.9. The van der Waals surface area contributed by atoms with E-state index in [1.807, 2.05) is 33.8 Å². The van der Waals surface area contributed by atoms with Crippen molar-refractivity contribution < 1.29 is 14.3 Å². The van der Waals surface area contributed by atoms with Crippen LogP contribution in [-0.2, 0) is 4.74 Å². The van der Waals surface area contributed by atoms with Gasteiger partial charge < -0.3 is 15.2 Å². The van der Waals surface area contributed by atoms with Crippen molar-refractivity contribution >= 4 is 5.97 Å². The summed E-state index contributed by atoms with van der Waals surface area (Å²) in [5.74, 6) is 0.323. The van der Waals surface area contributed by atoms with E-state index in [1.165, 1.54) is 0 Å². The highest BCUT2D eigenvalue weighted by molar-refractivity contribution is 5.90. The standard InChI is InChI=1S/C14H21NO3/c1-10-5-6-11(9-12(10)17-8-7-15)13(16)18-14(2,3)4/h5-6,9H,7-8,15H2,1-4H3. The first kappa shape index (κ1) is 14.5. The van der Waals surface area contributed by atoms with E-state index in [0.717, 1.165) is 5.56 Å². The Morgan fingerprint density at radius 2 is 2.00 bits per heavy atom. The zero-order chi connectivity index (χ0) is 13.8. The fourth-order valence-corrected chi connectivity index (χ4v) is 1.39. The van der Waals surface area contributed by atoms with Gasteiger partial charge in [-0.3, -0.25) is 0 Å². The molecule has 0 aliphatic heterocycles. The van der Waals surface area contributed by atoms with Gasteiger partial charge in [-0.1, -0.05) is 6.07 Å². The normalized spacial score (nSPS) is 11.2. The zero-order valence-electron chi connectivity index (χ0n) is 11.4. The Kier molecular flexibility index (Phi) is 4.73. The van der Waals surface area contributed by atoms with E-state index in [9.17, 15) is 4.79 Å². The van der Waals surface area contributed by atoms with Gasteiger partial charge in [-0.2, -0.15) is 0 Å². The van der Waals surface area contributed by atoms with Gasteiger partial charge in [-0.25, -0.2) is 4.79 Å². The molecule has 2 N–H and O–H groups in total. The van der Waals surface area contributed by atoms with Crippen molar-refractivity contribution in [3.63, 3.8) is 0 Å². The monoisotopic (exact) mass is 251 g/mol. The van der Waals surface area contributed by atoms with Gasteiger partial charge in [-0.15, -0.1) is 0 Å². The summed E-state index contributed by atoms with van der Waals surface area (Å²) in [5.41, 5.74) is 6.35. The first-order valence-corrected chi connectivity index (χ1v) is 6.00. The van der Waals surface area contributed by atoms with Crippen LogP contribution in [0.1, 0.15) is 36.7 Å². The van der Waals surface area contributed by atoms with Gasteiger partial charge in [0.1, 0.15) is 18.0 Å². The van der Waals surface area contributed by atoms with E-state index in [0.29, 0.717) is 24.5 Å². The smallest absolute Gasteiger partial charge is 0.338 e. The van der Waals surface area contributed by atoms with Crippen molar-refractivity contribution in [2.75, 3.05) is 13.2 Å². The lowest BCUT2D eigenvalue weighted by Gasteiger charge is -2.20. The molecule has 0 unspecified atom stereocenters. The molecule has 0 heterocycles. The Morgan fingerprint density at radius 3 is 2.56 bits per heavy atom. The SMILES string of the molecule is Cc1ccc(C(=O)OC(C)(C)C)cc1OCCN. The number of carbonyl (C=O) groups excluding carboxylic acids is 1. The molecule has 18 heavy (non-hydrogen) atoms. The van der Waals surface area contributed by atoms with Crippen LogP contribution in [0.25, 0.3) is 0 Å². The lowest BCUT2D eigenvalue weighted by atomic mass is 10.1. The Balaban J connectivity index is 2.87. The van der Waals surface area contributed by atoms with Crippen molar-refractivity contribution in [3.05, 3.63) is 29.3 Å². The van der Waals surface area contributed by atoms with Crippen LogP contribution in [-0.4, -0.2) is 24.7 Å². The highest BCUT2D eigenvalue weighted by Gasteiger charge is 2.18. The van der Waals surface area contributed by atoms with Gasteiger partial charge in [0, 0.05) is 6.54 Å². The summed E-state index contributed by atoms with van der Waals surface area (Å²) in [4.78, 5) is 11.9. The van der Waals surface area contributed by atoms with Crippen LogP contribution in [0.2, 0.25) is 0 Å². The Morgan fingerprint density at radius 1 is 1.33 bits per heavy atom. The highest BCUT2D eigenvalue weighted by Crippen LogP contribution is 2.21. The van der Waals surface area contributed by atoms with Gasteiger partial charge >= 0.3 is 5.97 Å². The topological polar surface area (TPSA) is 61.5 Å². The van der Waals surface area contributed by atoms with Gasteiger partial charge in [-0.05, 0) is 45.4 Å². The molecule has 100 valence electrons. The lowest BCUT2D eigenvalue weighted by molar-refractivity contribution is 0.00691. The number of esters is 1. The molecule has 0 bridgehead atoms. The summed E-state index contributed by atoms with van der Waals surface area (Å²) in [6.45, 7) is 8.31. The second-order valence-corrected chi connectivity index (χ2v) is 5.12. The number of hydrogen-bond acceptors (Lipinski definition) is 4. The third-order valence-electron chi connectivity index (χ3n) is 2.20. The summed E-state index contributed by atoms with van der Waals surface area (Å²) in [6, 6.07) is 5.27. The number of carbonyl (C=O) groups is 1. The number of hydrogen-bond donors (Lipinski definition) is 1. The molecule has 1 aromatic rings. The Bertz CT molecular complexity index is 422. The quantitative estimate of drug-likeness (QED) is 0.834. The van der Waals surface area contributed by atoms with Crippen molar-refractivity contribution in [2.24, 2.45) is 5.73 Å². The van der Waals surface area contributed by atoms with Crippen LogP contribution in [0.15, 0.2) is 18.2 Å². The first-order valence-electron chi connectivity index (χ1n) is 6.00. The zero-order valence-corrected chi connectivity index (χ0v) is 11.4. The summed E-state index contributed by atoms with van der Waals surface area (Å²) >= 11 is 0. The second kappa shape index (κ2) is 5.87. The first-order chi connectivity index (χ1) is 8.33. The minimum Gasteiger partial charge on any atom is -0.492 e. The predicted molar refractivity (Wildman–Crippen MR) is 70.9 cm³/mol. The molecule has 1 aromatic carbocycles. The molecular weight excluding hydrogens is 230 g/mol. The summed E-state index contributed by atoms with van der Waals surface area (Å²) in [7, 11) is 0. The maximum atomic E-state index is 11.9. The van der Waals surface area contributed by atoms with Crippen molar-refractivity contribution in [3.8, 4) is 5.75 Å². The van der Waals surface area contributed by atoms with E-state index >= 15 is 0 Å². The molecule has 0 fully saturated rings. The molecule has 0 radical (unpaired) electrons. The van der Waals surface area contributed by atoms with E-state index in [-0.39, 0.29) is 5.97 Å². The molecular formula is C14H21NO3. The van der Waals surface area contributed by atoms with Gasteiger partial charge in [0.25, 0.3) is 0 Å². The average molecular weight is 251 g/mol. The number of aryl methyl sites for hydroxylation is 1. The second-order valence-electron chi connectivity index (χ2n) is 5.12. The Labute approximate surface area is 108 Å². The molecule has 0 aromatic heterocycles. The number of benzene rings is 1. The van der Waals surface area contributed by atoms with Gasteiger partial charge in [0.15, 0.2) is 0 Å². The minimum atomic E-state index is -0.500. The van der Waals surface area contributed by atoms with Crippen molar-refractivity contribution in [2.45, 2.75) is 33.3 Å². The third-order valence-corrected chi connectivity index (χ3v) is 2.20. The van der Waals surface area contributed by atoms with Crippen LogP contribution >= 0.6 is 0 Å². The third kappa shape index (κ3) is 4.37. The lowest BCUT2D eigenvalue weighted by Crippen LogP contribution is -2.24. The summed E-state index contributed by atoms with van der Waals surface area (Å²) in [5, 5.41) is 0. The highest BCUT2D eigenvalue weighted by atomic mass is 16.6. The maximum Gasteiger partial charge on any atom is 0.338 e. The van der Waals surface area contributed by atoms with Crippen LogP contribution in [0, 0.1) is 6.92 Å². The van der Waals surface area contributed by atoms with Crippen LogP contribution in [0.5, 0.6) is 5.75 Å². The largest absolute Gasteiger partial charge is 0.492 e. The van der Waals surface area contributed by atoms with Crippen LogP contribution in [0.4, 0.5) is 0 Å². The summed E-state index contributed by atoms with van der Waals surface area (Å²) in [6.07, 6.45) is 0. The average Bonchev–Trinajstić information content (AvgIpc) is 2.25. The van der Waals surface area contributed by atoms with Gasteiger partial charge in [0.2, 0.25) is 0 Å². The Hall–Kier alpha value is -1.55. The molecule has 0 aliphatic rings. The molecule has 4 heteroatoms. The fourth-order valence-electron chi connectivity index (χ4n) is 1.39.